The van der Waals surface area contributed by atoms with Gasteiger partial charge in [0.05, 0.1) is 12.1 Å². The maximum absolute atomic E-state index is 8.72. The number of thiocyanates is 1. The van der Waals surface area contributed by atoms with Crippen LogP contribution in [0, 0.1) is 10.7 Å². The molecular formula is C18H17N5S. The predicted octanol–water partition coefficient (Wildman–Crippen LogP) is 4.01. The van der Waals surface area contributed by atoms with Crippen LogP contribution in [0.15, 0.2) is 53.4 Å². The van der Waals surface area contributed by atoms with Crippen molar-refractivity contribution in [1.29, 1.82) is 5.26 Å². The van der Waals surface area contributed by atoms with Gasteiger partial charge in [-0.2, -0.15) is 5.26 Å². The van der Waals surface area contributed by atoms with Crippen LogP contribution < -0.4 is 5.32 Å². The highest BCUT2D eigenvalue weighted by Gasteiger charge is 2.08. The number of fused-ring (bicyclic) bond motifs is 1. The molecule has 6 heteroatoms. The van der Waals surface area contributed by atoms with Gasteiger partial charge in [0.1, 0.15) is 17.0 Å². The summed E-state index contributed by atoms with van der Waals surface area (Å²) in [5, 5.41) is 15.1. The molecule has 1 aromatic heterocycles. The number of benzene rings is 2. The monoisotopic (exact) mass is 335 g/mol. The van der Waals surface area contributed by atoms with Crippen molar-refractivity contribution >= 4 is 34.2 Å². The van der Waals surface area contributed by atoms with E-state index in [0.29, 0.717) is 6.54 Å². The first-order chi connectivity index (χ1) is 11.7. The minimum atomic E-state index is 0.678. The molecule has 0 radical (unpaired) electrons. The number of hydrogen-bond acceptors (Lipinski definition) is 6. The maximum atomic E-state index is 8.72. The van der Waals surface area contributed by atoms with Gasteiger partial charge in [-0.25, -0.2) is 9.97 Å². The van der Waals surface area contributed by atoms with Crippen molar-refractivity contribution in [2.45, 2.75) is 11.4 Å². The first-order valence-corrected chi connectivity index (χ1v) is 8.31. The van der Waals surface area contributed by atoms with Crippen molar-refractivity contribution in [3.8, 4) is 5.40 Å². The van der Waals surface area contributed by atoms with Gasteiger partial charge in [-0.3, -0.25) is 0 Å². The second-order valence-electron chi connectivity index (χ2n) is 5.59. The van der Waals surface area contributed by atoms with Crippen LogP contribution in [0.4, 0.5) is 11.5 Å². The Morgan fingerprint density at radius 1 is 1.08 bits per heavy atom. The number of hydrogen-bond donors (Lipinski definition) is 1. The van der Waals surface area contributed by atoms with Crippen molar-refractivity contribution in [3.05, 3.63) is 54.4 Å². The Balaban J connectivity index is 1.96. The van der Waals surface area contributed by atoms with Gasteiger partial charge in [-0.05, 0) is 62.3 Å². The molecule has 0 atom stereocenters. The zero-order valence-corrected chi connectivity index (χ0v) is 14.3. The van der Waals surface area contributed by atoms with Crippen LogP contribution in [0.2, 0.25) is 0 Å². The van der Waals surface area contributed by atoms with Gasteiger partial charge in [0, 0.05) is 16.0 Å². The molecule has 120 valence electrons. The molecule has 0 unspecified atom stereocenters. The van der Waals surface area contributed by atoms with Crippen molar-refractivity contribution < 1.29 is 0 Å². The van der Waals surface area contributed by atoms with E-state index in [1.807, 2.05) is 67.5 Å². The van der Waals surface area contributed by atoms with Crippen LogP contribution in [-0.2, 0) is 6.54 Å². The lowest BCUT2D eigenvalue weighted by atomic mass is 10.2. The Kier molecular flexibility index (Phi) is 4.94. The molecule has 5 nitrogen and oxygen atoms in total. The molecular weight excluding hydrogens is 318 g/mol. The normalized spacial score (nSPS) is 10.8. The van der Waals surface area contributed by atoms with E-state index in [0.717, 1.165) is 44.9 Å². The summed E-state index contributed by atoms with van der Waals surface area (Å²) in [6, 6.07) is 15.7. The fraction of sp³-hybridized carbons (Fsp3) is 0.167. The summed E-state index contributed by atoms with van der Waals surface area (Å²) in [6.45, 7) is 0.678. The summed E-state index contributed by atoms with van der Waals surface area (Å²) in [6.07, 6.45) is 0. The molecule has 0 aliphatic carbocycles. The molecule has 0 aliphatic rings. The van der Waals surface area contributed by atoms with Crippen LogP contribution >= 0.6 is 11.8 Å². The number of aromatic nitrogens is 2. The summed E-state index contributed by atoms with van der Waals surface area (Å²) in [5.74, 6) is 1.57. The van der Waals surface area contributed by atoms with Crippen LogP contribution in [0.5, 0.6) is 0 Å². The van der Waals surface area contributed by atoms with E-state index in [2.05, 4.69) is 20.7 Å². The fourth-order valence-corrected chi connectivity index (χ4v) is 2.75. The minimum absolute atomic E-state index is 0.678. The highest BCUT2D eigenvalue weighted by Crippen LogP contribution is 2.25. The molecule has 1 heterocycles. The maximum Gasteiger partial charge on any atom is 0.145 e. The summed E-state index contributed by atoms with van der Waals surface area (Å²) < 4.78 is 0. The third-order valence-electron chi connectivity index (χ3n) is 3.39. The summed E-state index contributed by atoms with van der Waals surface area (Å²) in [4.78, 5) is 12.3. The molecule has 24 heavy (non-hydrogen) atoms. The molecule has 0 saturated carbocycles. The third-order valence-corrected chi connectivity index (χ3v) is 3.99. The van der Waals surface area contributed by atoms with Gasteiger partial charge in [-0.1, -0.05) is 12.1 Å². The van der Waals surface area contributed by atoms with E-state index in [1.165, 1.54) is 0 Å². The quantitative estimate of drug-likeness (QED) is 0.561. The van der Waals surface area contributed by atoms with Gasteiger partial charge >= 0.3 is 0 Å². The Morgan fingerprint density at radius 2 is 1.83 bits per heavy atom. The SMILES string of the molecule is CN(C)Cc1nc(Nc2ccc(SC#N)cc2)c2ccccc2n1. The molecule has 3 aromatic rings. The second kappa shape index (κ2) is 7.30. The van der Waals surface area contributed by atoms with Gasteiger partial charge in [0.25, 0.3) is 0 Å². The molecule has 1 N–H and O–H groups in total. The van der Waals surface area contributed by atoms with E-state index in [4.69, 9.17) is 5.26 Å². The molecule has 0 saturated heterocycles. The van der Waals surface area contributed by atoms with Gasteiger partial charge < -0.3 is 10.2 Å². The van der Waals surface area contributed by atoms with E-state index < -0.39 is 0 Å². The number of thioether (sulfide) groups is 1. The number of para-hydroxylation sites is 1. The molecule has 0 fully saturated rings. The zero-order chi connectivity index (χ0) is 16.9. The van der Waals surface area contributed by atoms with Gasteiger partial charge in [0.15, 0.2) is 0 Å². The fourth-order valence-electron chi connectivity index (χ4n) is 2.37. The van der Waals surface area contributed by atoms with Crippen molar-refractivity contribution in [3.63, 3.8) is 0 Å². The second-order valence-corrected chi connectivity index (χ2v) is 6.44. The molecule has 3 rings (SSSR count). The van der Waals surface area contributed by atoms with Crippen molar-refractivity contribution in [1.82, 2.24) is 14.9 Å². The number of anilines is 2. The zero-order valence-electron chi connectivity index (χ0n) is 13.5. The van der Waals surface area contributed by atoms with E-state index in [1.54, 1.807) is 0 Å². The van der Waals surface area contributed by atoms with Gasteiger partial charge in [0.2, 0.25) is 0 Å². The molecule has 0 amide bonds. The van der Waals surface area contributed by atoms with Crippen LogP contribution in [0.25, 0.3) is 10.9 Å². The Bertz CT molecular complexity index is 884. The lowest BCUT2D eigenvalue weighted by Crippen LogP contribution is -2.14. The summed E-state index contributed by atoms with van der Waals surface area (Å²) >= 11 is 1.15. The number of nitrogens with zero attached hydrogens (tertiary/aromatic N) is 4. The van der Waals surface area contributed by atoms with Gasteiger partial charge in [-0.15, -0.1) is 0 Å². The topological polar surface area (TPSA) is 64.8 Å². The number of rotatable bonds is 5. The molecule has 0 bridgehead atoms. The Labute approximate surface area is 145 Å². The smallest absolute Gasteiger partial charge is 0.145 e. The first-order valence-electron chi connectivity index (χ1n) is 7.49. The average Bonchev–Trinajstić information content (AvgIpc) is 2.56. The lowest BCUT2D eigenvalue weighted by molar-refractivity contribution is 0.391. The highest BCUT2D eigenvalue weighted by molar-refractivity contribution is 8.03. The van der Waals surface area contributed by atoms with Crippen LogP contribution in [-0.4, -0.2) is 29.0 Å². The first kappa shape index (κ1) is 16.2. The minimum Gasteiger partial charge on any atom is -0.340 e. The number of nitrogens with one attached hydrogen (secondary N) is 1. The average molecular weight is 335 g/mol. The van der Waals surface area contributed by atoms with Crippen molar-refractivity contribution in [2.75, 3.05) is 19.4 Å². The number of nitriles is 1. The summed E-state index contributed by atoms with van der Waals surface area (Å²) in [5.41, 5.74) is 1.85. The Hall–Kier alpha value is -2.62. The Morgan fingerprint density at radius 3 is 2.54 bits per heavy atom. The molecule has 2 aromatic carbocycles. The van der Waals surface area contributed by atoms with E-state index in [9.17, 15) is 0 Å². The molecule has 0 aliphatic heterocycles. The van der Waals surface area contributed by atoms with E-state index in [-0.39, 0.29) is 0 Å². The third kappa shape index (κ3) is 3.82. The van der Waals surface area contributed by atoms with Crippen LogP contribution in [0.1, 0.15) is 5.82 Å². The van der Waals surface area contributed by atoms with Crippen molar-refractivity contribution in [2.24, 2.45) is 0 Å². The van der Waals surface area contributed by atoms with E-state index >= 15 is 0 Å². The standard InChI is InChI=1S/C18H17N5S/c1-23(2)11-17-21-16-6-4-3-5-15(16)18(22-17)20-13-7-9-14(10-8-13)24-12-19/h3-10H,11H2,1-2H3,(H,20,21,22). The highest BCUT2D eigenvalue weighted by atomic mass is 32.2. The van der Waals surface area contributed by atoms with Crippen LogP contribution in [0.3, 0.4) is 0 Å². The molecule has 0 spiro atoms. The predicted molar refractivity (Wildman–Crippen MR) is 98.1 cm³/mol. The largest absolute Gasteiger partial charge is 0.340 e. The summed E-state index contributed by atoms with van der Waals surface area (Å²) in [7, 11) is 3.99. The lowest BCUT2D eigenvalue weighted by Gasteiger charge is -2.13.